The van der Waals surface area contributed by atoms with Crippen molar-refractivity contribution < 1.29 is 19.1 Å². The fraction of sp³-hybridized carbons (Fsp3) is 0.409. The number of esters is 1. The third kappa shape index (κ3) is 3.79. The molecule has 0 saturated carbocycles. The maximum absolute atomic E-state index is 13.2. The molecule has 0 aliphatic carbocycles. The van der Waals surface area contributed by atoms with Crippen LogP contribution in [0, 0.1) is 12.8 Å². The highest BCUT2D eigenvalue weighted by molar-refractivity contribution is 7.19. The van der Waals surface area contributed by atoms with Crippen LogP contribution in [0.25, 0.3) is 16.2 Å². The Balaban J connectivity index is 1.55. The number of thiazole rings is 1. The lowest BCUT2D eigenvalue weighted by Gasteiger charge is -2.31. The molecule has 7 nitrogen and oxygen atoms in total. The molecule has 8 heteroatoms. The van der Waals surface area contributed by atoms with E-state index in [0.29, 0.717) is 24.6 Å². The number of rotatable bonds is 5. The van der Waals surface area contributed by atoms with Gasteiger partial charge in [0.1, 0.15) is 10.6 Å². The van der Waals surface area contributed by atoms with E-state index in [1.165, 1.54) is 11.3 Å². The lowest BCUT2D eigenvalue weighted by Crippen LogP contribution is -2.42. The molecular weight excluding hydrogens is 402 g/mol. The van der Waals surface area contributed by atoms with E-state index in [4.69, 9.17) is 14.5 Å². The van der Waals surface area contributed by atoms with E-state index in [0.717, 1.165) is 40.5 Å². The minimum Gasteiger partial charge on any atom is -0.497 e. The Bertz CT molecular complexity index is 1070. The third-order valence-corrected chi connectivity index (χ3v) is 6.61. The zero-order valence-electron chi connectivity index (χ0n) is 17.4. The smallest absolute Gasteiger partial charge is 0.310 e. The zero-order valence-corrected chi connectivity index (χ0v) is 18.2. The van der Waals surface area contributed by atoms with Crippen LogP contribution in [0.15, 0.2) is 30.5 Å². The van der Waals surface area contributed by atoms with Gasteiger partial charge in [0, 0.05) is 30.5 Å². The number of nitrogens with zero attached hydrogens (tertiary/aromatic N) is 3. The monoisotopic (exact) mass is 427 g/mol. The van der Waals surface area contributed by atoms with Gasteiger partial charge in [-0.3, -0.25) is 14.0 Å². The number of carbonyl (C=O) groups is 2. The van der Waals surface area contributed by atoms with Crippen molar-refractivity contribution in [1.82, 2.24) is 14.3 Å². The summed E-state index contributed by atoms with van der Waals surface area (Å²) < 4.78 is 12.3. The number of aromatic nitrogens is 2. The Hall–Kier alpha value is -2.87. The number of fused-ring (bicyclic) bond motifs is 1. The number of hydrogen-bond donors (Lipinski definition) is 0. The molecule has 4 rings (SSSR count). The molecule has 0 radical (unpaired) electrons. The second-order valence-electron chi connectivity index (χ2n) is 7.37. The second kappa shape index (κ2) is 8.47. The lowest BCUT2D eigenvalue weighted by molar-refractivity contribution is -0.149. The zero-order chi connectivity index (χ0) is 21.3. The van der Waals surface area contributed by atoms with Gasteiger partial charge in [-0.15, -0.1) is 0 Å². The van der Waals surface area contributed by atoms with E-state index in [2.05, 4.69) is 0 Å². The van der Waals surface area contributed by atoms with Gasteiger partial charge < -0.3 is 14.4 Å². The quantitative estimate of drug-likeness (QED) is 0.579. The van der Waals surface area contributed by atoms with Gasteiger partial charge in [0.25, 0.3) is 5.91 Å². The minimum absolute atomic E-state index is 0.0389. The second-order valence-corrected chi connectivity index (χ2v) is 8.34. The Morgan fingerprint density at radius 2 is 2.03 bits per heavy atom. The van der Waals surface area contributed by atoms with Crippen molar-refractivity contribution in [2.24, 2.45) is 5.92 Å². The molecular formula is C22H25N3O4S. The van der Waals surface area contributed by atoms with Gasteiger partial charge in [-0.1, -0.05) is 11.3 Å². The SMILES string of the molecule is CCOC(=O)[C@H]1CCCN(C(=O)c2sc3nc(-c4ccc(OC)cc4)cn3c2C)C1. The number of methoxy groups -OCH3 is 1. The number of likely N-dealkylation sites (tertiary alicyclic amines) is 1. The van der Waals surface area contributed by atoms with Crippen molar-refractivity contribution in [1.29, 1.82) is 0 Å². The van der Waals surface area contributed by atoms with Gasteiger partial charge in [-0.25, -0.2) is 4.98 Å². The van der Waals surface area contributed by atoms with Gasteiger partial charge in [0.2, 0.25) is 0 Å². The molecule has 0 bridgehead atoms. The molecule has 1 atom stereocenters. The third-order valence-electron chi connectivity index (χ3n) is 5.47. The standard InChI is InChI=1S/C22H25N3O4S/c1-4-29-21(27)16-6-5-11-24(12-16)20(26)19-14(2)25-13-18(23-22(25)30-19)15-7-9-17(28-3)10-8-15/h7-10,13,16H,4-6,11-12H2,1-3H3/t16-/m0/s1. The molecule has 1 fully saturated rings. The van der Waals surface area contributed by atoms with Crippen LogP contribution in [0.4, 0.5) is 0 Å². The molecule has 1 amide bonds. The van der Waals surface area contributed by atoms with Gasteiger partial charge in [0.05, 0.1) is 25.3 Å². The molecule has 1 aliphatic rings. The summed E-state index contributed by atoms with van der Waals surface area (Å²) in [6.07, 6.45) is 3.52. The predicted octanol–water partition coefficient (Wildman–Crippen LogP) is 3.80. The Labute approximate surface area is 179 Å². The van der Waals surface area contributed by atoms with Crippen molar-refractivity contribution in [2.75, 3.05) is 26.8 Å². The number of carbonyl (C=O) groups excluding carboxylic acids is 2. The Morgan fingerprint density at radius 3 is 2.70 bits per heavy atom. The number of aryl methyl sites for hydroxylation is 1. The molecule has 3 heterocycles. The fourth-order valence-electron chi connectivity index (χ4n) is 3.81. The number of imidazole rings is 1. The molecule has 1 aromatic carbocycles. The van der Waals surface area contributed by atoms with E-state index in [1.807, 2.05) is 41.8 Å². The molecule has 1 saturated heterocycles. The largest absolute Gasteiger partial charge is 0.497 e. The van der Waals surface area contributed by atoms with Gasteiger partial charge in [-0.05, 0) is 51.0 Å². The summed E-state index contributed by atoms with van der Waals surface area (Å²) in [7, 11) is 1.64. The summed E-state index contributed by atoms with van der Waals surface area (Å²) in [5, 5.41) is 0. The average Bonchev–Trinajstić information content (AvgIpc) is 3.33. The first-order chi connectivity index (χ1) is 14.5. The highest BCUT2D eigenvalue weighted by atomic mass is 32.1. The molecule has 0 N–H and O–H groups in total. The number of benzene rings is 1. The normalized spacial score (nSPS) is 16.6. The van der Waals surface area contributed by atoms with E-state index in [-0.39, 0.29) is 17.8 Å². The summed E-state index contributed by atoms with van der Waals surface area (Å²) in [5.74, 6) is 0.306. The summed E-state index contributed by atoms with van der Waals surface area (Å²) in [6.45, 7) is 5.17. The molecule has 158 valence electrons. The van der Waals surface area contributed by atoms with E-state index < -0.39 is 0 Å². The Kier molecular flexibility index (Phi) is 5.76. The maximum atomic E-state index is 13.2. The molecule has 30 heavy (non-hydrogen) atoms. The highest BCUT2D eigenvalue weighted by Crippen LogP contribution is 2.30. The van der Waals surface area contributed by atoms with Crippen molar-refractivity contribution in [3.63, 3.8) is 0 Å². The summed E-state index contributed by atoms with van der Waals surface area (Å²) in [6, 6.07) is 7.74. The first-order valence-electron chi connectivity index (χ1n) is 10.1. The van der Waals surface area contributed by atoms with Crippen LogP contribution in [0.3, 0.4) is 0 Å². The van der Waals surface area contributed by atoms with Crippen LogP contribution in [0.1, 0.15) is 35.1 Å². The number of piperidine rings is 1. The van der Waals surface area contributed by atoms with Crippen LogP contribution >= 0.6 is 11.3 Å². The fourth-order valence-corrected chi connectivity index (χ4v) is 4.88. The van der Waals surface area contributed by atoms with Crippen LogP contribution in [0.2, 0.25) is 0 Å². The average molecular weight is 428 g/mol. The van der Waals surface area contributed by atoms with Crippen LogP contribution in [-0.2, 0) is 9.53 Å². The number of hydrogen-bond acceptors (Lipinski definition) is 6. The first kappa shape index (κ1) is 20.4. The van der Waals surface area contributed by atoms with E-state index in [9.17, 15) is 9.59 Å². The molecule has 0 unspecified atom stereocenters. The van der Waals surface area contributed by atoms with Crippen molar-refractivity contribution in [2.45, 2.75) is 26.7 Å². The maximum Gasteiger partial charge on any atom is 0.310 e. The van der Waals surface area contributed by atoms with Crippen molar-refractivity contribution in [3.8, 4) is 17.0 Å². The lowest BCUT2D eigenvalue weighted by atomic mass is 9.98. The minimum atomic E-state index is -0.242. The van der Waals surface area contributed by atoms with Gasteiger partial charge in [-0.2, -0.15) is 0 Å². The van der Waals surface area contributed by atoms with Crippen LogP contribution < -0.4 is 4.74 Å². The number of ether oxygens (including phenoxy) is 2. The highest BCUT2D eigenvalue weighted by Gasteiger charge is 2.31. The summed E-state index contributed by atoms with van der Waals surface area (Å²) in [5.41, 5.74) is 2.71. The summed E-state index contributed by atoms with van der Waals surface area (Å²) >= 11 is 1.39. The summed E-state index contributed by atoms with van der Waals surface area (Å²) in [4.78, 5) is 33.2. The van der Waals surface area contributed by atoms with Crippen LogP contribution in [-0.4, -0.2) is 53.0 Å². The van der Waals surface area contributed by atoms with Gasteiger partial charge >= 0.3 is 5.97 Å². The predicted molar refractivity (Wildman–Crippen MR) is 115 cm³/mol. The number of amides is 1. The van der Waals surface area contributed by atoms with Crippen molar-refractivity contribution in [3.05, 3.63) is 41.0 Å². The Morgan fingerprint density at radius 1 is 1.27 bits per heavy atom. The van der Waals surface area contributed by atoms with E-state index >= 15 is 0 Å². The topological polar surface area (TPSA) is 73.1 Å². The molecule has 1 aliphatic heterocycles. The molecule has 2 aromatic heterocycles. The van der Waals surface area contributed by atoms with Crippen molar-refractivity contribution >= 4 is 28.2 Å². The first-order valence-corrected chi connectivity index (χ1v) is 10.9. The molecule has 0 spiro atoms. The van der Waals surface area contributed by atoms with Gasteiger partial charge in [0.15, 0.2) is 4.96 Å². The van der Waals surface area contributed by atoms with E-state index in [1.54, 1.807) is 18.9 Å². The van der Waals surface area contributed by atoms with Crippen LogP contribution in [0.5, 0.6) is 5.75 Å². The molecule has 3 aromatic rings.